The third-order valence-corrected chi connectivity index (χ3v) is 7.68. The van der Waals surface area contributed by atoms with Gasteiger partial charge in [-0.1, -0.05) is 13.8 Å². The number of nitrogens with zero attached hydrogens (tertiary/aromatic N) is 3. The van der Waals surface area contributed by atoms with Crippen molar-refractivity contribution in [1.29, 1.82) is 0 Å². The second kappa shape index (κ2) is 7.38. The molecular weight excluding hydrogens is 358 g/mol. The van der Waals surface area contributed by atoms with Crippen LogP contribution in [-0.2, 0) is 24.2 Å². The van der Waals surface area contributed by atoms with Gasteiger partial charge in [0.1, 0.15) is 11.4 Å². The predicted molar refractivity (Wildman–Crippen MR) is 109 cm³/mol. The highest BCUT2D eigenvalue weighted by molar-refractivity contribution is 7.18. The van der Waals surface area contributed by atoms with Crippen molar-refractivity contribution in [2.75, 3.05) is 7.05 Å². The van der Waals surface area contributed by atoms with E-state index in [9.17, 15) is 9.59 Å². The van der Waals surface area contributed by atoms with Crippen LogP contribution in [-0.4, -0.2) is 33.4 Å². The molecule has 2 aliphatic carbocycles. The molecule has 2 heterocycles. The van der Waals surface area contributed by atoms with E-state index < -0.39 is 0 Å². The maximum atomic E-state index is 13.1. The normalized spacial score (nSPS) is 25.4. The number of aryl methyl sites for hydroxylation is 1. The summed E-state index contributed by atoms with van der Waals surface area (Å²) >= 11 is 1.65. The highest BCUT2D eigenvalue weighted by Crippen LogP contribution is 2.35. The second-order valence-corrected chi connectivity index (χ2v) is 9.71. The van der Waals surface area contributed by atoms with Crippen LogP contribution in [0.4, 0.5) is 0 Å². The van der Waals surface area contributed by atoms with Gasteiger partial charge in [-0.2, -0.15) is 0 Å². The molecule has 2 aromatic rings. The molecule has 27 heavy (non-hydrogen) atoms. The molecule has 1 unspecified atom stereocenters. The molecular formula is C21H29N3O2S. The number of hydrogen-bond acceptors (Lipinski definition) is 4. The van der Waals surface area contributed by atoms with Crippen molar-refractivity contribution in [3.05, 3.63) is 27.1 Å². The first-order valence-corrected chi connectivity index (χ1v) is 11.0. The zero-order valence-electron chi connectivity index (χ0n) is 16.5. The Kier molecular flexibility index (Phi) is 5.10. The van der Waals surface area contributed by atoms with Gasteiger partial charge in [0.05, 0.1) is 11.7 Å². The predicted octanol–water partition coefficient (Wildman–Crippen LogP) is 3.62. The minimum Gasteiger partial charge on any atom is -0.341 e. The zero-order valence-corrected chi connectivity index (χ0v) is 17.3. The first-order valence-electron chi connectivity index (χ1n) is 10.2. The topological polar surface area (TPSA) is 55.2 Å². The molecule has 0 aromatic carbocycles. The number of rotatable bonds is 3. The Balaban J connectivity index is 1.56. The van der Waals surface area contributed by atoms with Crippen molar-refractivity contribution in [2.24, 2.45) is 11.8 Å². The molecule has 0 aliphatic heterocycles. The molecule has 0 spiro atoms. The number of aromatic nitrogens is 2. The number of carbonyl (C=O) groups excluding carboxylic acids is 1. The van der Waals surface area contributed by atoms with Gasteiger partial charge >= 0.3 is 0 Å². The summed E-state index contributed by atoms with van der Waals surface area (Å²) in [6.07, 6.45) is 9.14. The molecule has 2 aliphatic rings. The summed E-state index contributed by atoms with van der Waals surface area (Å²) in [4.78, 5) is 34.4. The first kappa shape index (κ1) is 18.7. The maximum Gasteiger partial charge on any atom is 0.262 e. The molecule has 1 atom stereocenters. The second-order valence-electron chi connectivity index (χ2n) is 8.63. The monoisotopic (exact) mass is 387 g/mol. The van der Waals surface area contributed by atoms with Gasteiger partial charge in [-0.25, -0.2) is 4.98 Å². The Morgan fingerprint density at radius 3 is 2.70 bits per heavy atom. The lowest BCUT2D eigenvalue weighted by Crippen LogP contribution is -2.42. The molecule has 0 N–H and O–H groups in total. The number of thiophene rings is 1. The average molecular weight is 388 g/mol. The number of hydrogen-bond donors (Lipinski definition) is 0. The minimum atomic E-state index is -0.0499. The Morgan fingerprint density at radius 2 is 1.96 bits per heavy atom. The molecule has 1 amide bonds. The third kappa shape index (κ3) is 3.56. The largest absolute Gasteiger partial charge is 0.341 e. The Labute approximate surface area is 164 Å². The number of likely N-dealkylation sites (N-methyl/N-ethyl adjacent to an activating group) is 1. The molecule has 5 nitrogen and oxygen atoms in total. The fraction of sp³-hybridized carbons (Fsp3) is 0.667. The SMILES string of the molecule is CC1CCC(N(C)C(=O)Cn2cnc3sc4c(c3c2=O)CCC(C)C4)CC1. The third-order valence-electron chi connectivity index (χ3n) is 6.51. The molecule has 2 aromatic heterocycles. The quantitative estimate of drug-likeness (QED) is 0.808. The van der Waals surface area contributed by atoms with Crippen molar-refractivity contribution in [3.8, 4) is 0 Å². The van der Waals surface area contributed by atoms with Gasteiger partial charge in [-0.3, -0.25) is 14.2 Å². The highest BCUT2D eigenvalue weighted by atomic mass is 32.1. The van der Waals surface area contributed by atoms with E-state index in [1.807, 2.05) is 11.9 Å². The first-order chi connectivity index (χ1) is 12.9. The average Bonchev–Trinajstić information content (AvgIpc) is 3.02. The van der Waals surface area contributed by atoms with Crippen LogP contribution in [0.5, 0.6) is 0 Å². The summed E-state index contributed by atoms with van der Waals surface area (Å²) < 4.78 is 1.51. The number of fused-ring (bicyclic) bond motifs is 3. The van der Waals surface area contributed by atoms with Crippen LogP contribution in [0.25, 0.3) is 10.2 Å². The van der Waals surface area contributed by atoms with Gasteiger partial charge in [0.25, 0.3) is 5.56 Å². The standard InChI is InChI=1S/C21H29N3O2S/c1-13-4-7-15(8-5-13)23(3)18(25)11-24-12-22-20-19(21(24)26)16-9-6-14(2)10-17(16)27-20/h12-15H,4-11H2,1-3H3. The van der Waals surface area contributed by atoms with Crippen molar-refractivity contribution >= 4 is 27.5 Å². The van der Waals surface area contributed by atoms with E-state index in [4.69, 9.17) is 0 Å². The molecule has 0 radical (unpaired) electrons. The van der Waals surface area contributed by atoms with Crippen LogP contribution < -0.4 is 5.56 Å². The van der Waals surface area contributed by atoms with Crippen LogP contribution in [0.15, 0.2) is 11.1 Å². The maximum absolute atomic E-state index is 13.1. The Bertz CT molecular complexity index is 908. The fourth-order valence-corrected chi connectivity index (χ4v) is 5.91. The van der Waals surface area contributed by atoms with Crippen LogP contribution in [0, 0.1) is 11.8 Å². The molecule has 4 rings (SSSR count). The molecule has 6 heteroatoms. The van der Waals surface area contributed by atoms with Crippen LogP contribution in [0.1, 0.15) is 56.4 Å². The molecule has 146 valence electrons. The van der Waals surface area contributed by atoms with E-state index in [-0.39, 0.29) is 18.0 Å². The lowest BCUT2D eigenvalue weighted by atomic mass is 9.87. The van der Waals surface area contributed by atoms with Gasteiger partial charge in [-0.05, 0) is 62.3 Å². The fourth-order valence-electron chi connectivity index (χ4n) is 4.57. The highest BCUT2D eigenvalue weighted by Gasteiger charge is 2.26. The van der Waals surface area contributed by atoms with Crippen molar-refractivity contribution < 1.29 is 4.79 Å². The van der Waals surface area contributed by atoms with E-state index >= 15 is 0 Å². The van der Waals surface area contributed by atoms with Gasteiger partial charge in [0.2, 0.25) is 5.91 Å². The molecule has 0 bridgehead atoms. The van der Waals surface area contributed by atoms with Crippen LogP contribution in [0.2, 0.25) is 0 Å². The van der Waals surface area contributed by atoms with Crippen molar-refractivity contribution in [3.63, 3.8) is 0 Å². The summed E-state index contributed by atoms with van der Waals surface area (Å²) in [7, 11) is 1.88. The van der Waals surface area contributed by atoms with E-state index in [0.717, 1.165) is 48.2 Å². The summed E-state index contributed by atoms with van der Waals surface area (Å²) in [5.74, 6) is 1.43. The van der Waals surface area contributed by atoms with Crippen molar-refractivity contribution in [2.45, 2.75) is 71.4 Å². The van der Waals surface area contributed by atoms with Crippen LogP contribution in [0.3, 0.4) is 0 Å². The van der Waals surface area contributed by atoms with Gasteiger partial charge < -0.3 is 4.90 Å². The lowest BCUT2D eigenvalue weighted by molar-refractivity contribution is -0.133. The van der Waals surface area contributed by atoms with Gasteiger partial charge in [0.15, 0.2) is 0 Å². The molecule has 1 saturated carbocycles. The van der Waals surface area contributed by atoms with Crippen molar-refractivity contribution in [1.82, 2.24) is 14.5 Å². The van der Waals surface area contributed by atoms with E-state index in [0.29, 0.717) is 12.0 Å². The van der Waals surface area contributed by atoms with E-state index in [2.05, 4.69) is 18.8 Å². The summed E-state index contributed by atoms with van der Waals surface area (Å²) in [5, 5.41) is 0.756. The molecule has 0 saturated heterocycles. The summed E-state index contributed by atoms with van der Waals surface area (Å²) in [6.45, 7) is 4.63. The van der Waals surface area contributed by atoms with Crippen LogP contribution >= 0.6 is 11.3 Å². The van der Waals surface area contributed by atoms with Gasteiger partial charge in [0, 0.05) is 18.0 Å². The van der Waals surface area contributed by atoms with Gasteiger partial charge in [-0.15, -0.1) is 11.3 Å². The smallest absolute Gasteiger partial charge is 0.262 e. The zero-order chi connectivity index (χ0) is 19.1. The Hall–Kier alpha value is -1.69. The van der Waals surface area contributed by atoms with E-state index in [1.54, 1.807) is 17.7 Å². The van der Waals surface area contributed by atoms with E-state index in [1.165, 1.54) is 27.8 Å². The summed E-state index contributed by atoms with van der Waals surface area (Å²) in [5.41, 5.74) is 1.13. The minimum absolute atomic E-state index is 0.00974. The summed E-state index contributed by atoms with van der Waals surface area (Å²) in [6, 6.07) is 0.302. The lowest BCUT2D eigenvalue weighted by Gasteiger charge is -2.33. The Morgan fingerprint density at radius 1 is 1.22 bits per heavy atom. The molecule has 1 fully saturated rings. The number of carbonyl (C=O) groups is 1. The number of amides is 1.